The third-order valence-corrected chi connectivity index (χ3v) is 6.77. The molecular weight excluding hydrogens is 583 g/mol. The van der Waals surface area contributed by atoms with Crippen molar-refractivity contribution in [3.8, 4) is 5.69 Å². The van der Waals surface area contributed by atoms with Crippen LogP contribution in [0.5, 0.6) is 0 Å². The van der Waals surface area contributed by atoms with Crippen LogP contribution in [0.25, 0.3) is 5.69 Å². The number of rotatable bonds is 8. The third kappa shape index (κ3) is 6.81. The van der Waals surface area contributed by atoms with Crippen molar-refractivity contribution in [1.82, 2.24) is 20.1 Å². The Morgan fingerprint density at radius 2 is 1.74 bits per heavy atom. The number of carbonyl (C=O) groups is 2. The minimum atomic E-state index is -4.60. The van der Waals surface area contributed by atoms with Gasteiger partial charge in [-0.3, -0.25) is 14.2 Å². The van der Waals surface area contributed by atoms with Crippen molar-refractivity contribution in [1.29, 1.82) is 0 Å². The molecular formula is C26H21BrF3N5O2S. The highest BCUT2D eigenvalue weighted by molar-refractivity contribution is 9.10. The molecule has 0 atom stereocenters. The van der Waals surface area contributed by atoms with Crippen molar-refractivity contribution in [2.75, 3.05) is 11.1 Å². The number of hydrogen-bond acceptors (Lipinski definition) is 5. The quantitative estimate of drug-likeness (QED) is 0.240. The second-order valence-electron chi connectivity index (χ2n) is 8.14. The zero-order valence-electron chi connectivity index (χ0n) is 19.9. The Hall–Kier alpha value is -3.64. The summed E-state index contributed by atoms with van der Waals surface area (Å²) >= 11 is 4.40. The molecule has 0 fully saturated rings. The van der Waals surface area contributed by atoms with E-state index in [0.717, 1.165) is 27.9 Å². The Morgan fingerprint density at radius 1 is 1.00 bits per heavy atom. The Kier molecular flexibility index (Phi) is 8.52. The van der Waals surface area contributed by atoms with Crippen molar-refractivity contribution in [2.45, 2.75) is 24.8 Å². The van der Waals surface area contributed by atoms with Gasteiger partial charge in [-0.1, -0.05) is 57.5 Å². The van der Waals surface area contributed by atoms with Crippen molar-refractivity contribution >= 4 is 45.2 Å². The lowest BCUT2D eigenvalue weighted by Gasteiger charge is -2.14. The molecule has 0 aliphatic rings. The van der Waals surface area contributed by atoms with Gasteiger partial charge in [-0.15, -0.1) is 10.2 Å². The Balaban J connectivity index is 1.51. The molecule has 3 aromatic carbocycles. The van der Waals surface area contributed by atoms with Crippen LogP contribution in [-0.2, 0) is 17.5 Å². The number of nitrogens with one attached hydrogen (secondary N) is 2. The van der Waals surface area contributed by atoms with Crippen molar-refractivity contribution in [3.05, 3.63) is 99.8 Å². The van der Waals surface area contributed by atoms with Gasteiger partial charge in [0.05, 0.1) is 23.5 Å². The predicted octanol–water partition coefficient (Wildman–Crippen LogP) is 6.02. The summed E-state index contributed by atoms with van der Waals surface area (Å²) < 4.78 is 42.3. The van der Waals surface area contributed by atoms with E-state index in [9.17, 15) is 22.8 Å². The Morgan fingerprint density at radius 3 is 2.45 bits per heavy atom. The van der Waals surface area contributed by atoms with Gasteiger partial charge in [-0.25, -0.2) is 0 Å². The van der Waals surface area contributed by atoms with Gasteiger partial charge in [0.1, 0.15) is 0 Å². The van der Waals surface area contributed by atoms with Crippen LogP contribution in [0.1, 0.15) is 27.3 Å². The van der Waals surface area contributed by atoms with Crippen molar-refractivity contribution < 1.29 is 22.8 Å². The minimum absolute atomic E-state index is 0.0571. The summed E-state index contributed by atoms with van der Waals surface area (Å²) in [6.07, 6.45) is -4.60. The summed E-state index contributed by atoms with van der Waals surface area (Å²) in [6, 6.07) is 19.2. The standard InChI is InChI=1S/C26H21BrF3N5O2S/c1-16-5-4-6-17(13-16)24(37)31-14-22-33-34-25(35(22)19-11-9-18(27)10-12-19)38-15-23(36)32-21-8-3-2-7-20(21)26(28,29)30/h2-13H,14-15H2,1H3,(H,31,37)(H,32,36). The van der Waals surface area contributed by atoms with Gasteiger partial charge >= 0.3 is 6.18 Å². The van der Waals surface area contributed by atoms with Crippen LogP contribution in [0.3, 0.4) is 0 Å². The van der Waals surface area contributed by atoms with E-state index < -0.39 is 17.6 Å². The summed E-state index contributed by atoms with van der Waals surface area (Å²) in [5.74, 6) is -0.711. The molecule has 0 unspecified atom stereocenters. The fourth-order valence-electron chi connectivity index (χ4n) is 3.56. The molecule has 1 heterocycles. The minimum Gasteiger partial charge on any atom is -0.345 e. The average Bonchev–Trinajstić information content (AvgIpc) is 3.29. The molecule has 2 amide bonds. The van der Waals surface area contributed by atoms with E-state index in [4.69, 9.17) is 0 Å². The summed E-state index contributed by atoms with van der Waals surface area (Å²) in [5.41, 5.74) is 0.890. The molecule has 4 rings (SSSR count). The first-order valence-electron chi connectivity index (χ1n) is 11.3. The summed E-state index contributed by atoms with van der Waals surface area (Å²) in [6.45, 7) is 1.95. The number of amides is 2. The number of thioether (sulfide) groups is 1. The Bertz CT molecular complexity index is 1460. The zero-order valence-corrected chi connectivity index (χ0v) is 22.3. The van der Waals surface area contributed by atoms with Crippen LogP contribution < -0.4 is 10.6 Å². The number of benzene rings is 3. The zero-order chi connectivity index (χ0) is 27.3. The van der Waals surface area contributed by atoms with E-state index in [1.807, 2.05) is 37.3 Å². The van der Waals surface area contributed by atoms with Crippen LogP contribution in [0.4, 0.5) is 18.9 Å². The van der Waals surface area contributed by atoms with E-state index in [1.165, 1.54) is 18.2 Å². The van der Waals surface area contributed by atoms with Crippen LogP contribution in [0.15, 0.2) is 82.4 Å². The summed E-state index contributed by atoms with van der Waals surface area (Å²) in [5, 5.41) is 13.9. The number of hydrogen-bond donors (Lipinski definition) is 2. The number of aryl methyl sites for hydroxylation is 1. The van der Waals surface area contributed by atoms with E-state index in [0.29, 0.717) is 22.2 Å². The first-order chi connectivity index (χ1) is 18.1. The monoisotopic (exact) mass is 603 g/mol. The first-order valence-corrected chi connectivity index (χ1v) is 13.0. The molecule has 0 aliphatic carbocycles. The molecule has 196 valence electrons. The molecule has 1 aromatic heterocycles. The first kappa shape index (κ1) is 27.4. The number of para-hydroxylation sites is 1. The van der Waals surface area contributed by atoms with Crippen molar-refractivity contribution in [2.24, 2.45) is 0 Å². The predicted molar refractivity (Wildman–Crippen MR) is 142 cm³/mol. The topological polar surface area (TPSA) is 88.9 Å². The van der Waals surface area contributed by atoms with Gasteiger partial charge in [0, 0.05) is 15.7 Å². The van der Waals surface area contributed by atoms with Crippen LogP contribution in [0.2, 0.25) is 0 Å². The molecule has 0 radical (unpaired) electrons. The molecule has 0 bridgehead atoms. The maximum Gasteiger partial charge on any atom is 0.418 e. The molecule has 7 nitrogen and oxygen atoms in total. The largest absolute Gasteiger partial charge is 0.418 e. The highest BCUT2D eigenvalue weighted by Crippen LogP contribution is 2.34. The van der Waals surface area contributed by atoms with Gasteiger partial charge in [-0.2, -0.15) is 13.2 Å². The number of nitrogens with zero attached hydrogens (tertiary/aromatic N) is 3. The van der Waals surface area contributed by atoms with E-state index in [1.54, 1.807) is 22.8 Å². The number of halogens is 4. The highest BCUT2D eigenvalue weighted by Gasteiger charge is 2.33. The molecule has 0 spiro atoms. The molecule has 2 N–H and O–H groups in total. The number of aromatic nitrogens is 3. The molecule has 0 saturated carbocycles. The van der Waals surface area contributed by atoms with Gasteiger partial charge in [0.25, 0.3) is 5.91 Å². The number of carbonyl (C=O) groups excluding carboxylic acids is 2. The second kappa shape index (κ2) is 11.8. The number of alkyl halides is 3. The molecule has 38 heavy (non-hydrogen) atoms. The normalized spacial score (nSPS) is 11.3. The second-order valence-corrected chi connectivity index (χ2v) is 10.0. The fraction of sp³-hybridized carbons (Fsp3) is 0.154. The van der Waals surface area contributed by atoms with Crippen LogP contribution >= 0.6 is 27.7 Å². The highest BCUT2D eigenvalue weighted by atomic mass is 79.9. The van der Waals surface area contributed by atoms with Crippen molar-refractivity contribution in [3.63, 3.8) is 0 Å². The lowest BCUT2D eigenvalue weighted by atomic mass is 10.1. The van der Waals surface area contributed by atoms with Gasteiger partial charge in [0.2, 0.25) is 5.91 Å². The van der Waals surface area contributed by atoms with E-state index in [2.05, 4.69) is 36.8 Å². The maximum atomic E-state index is 13.3. The number of anilines is 1. The van der Waals surface area contributed by atoms with Gasteiger partial charge in [0.15, 0.2) is 11.0 Å². The van der Waals surface area contributed by atoms with Gasteiger partial charge in [-0.05, 0) is 55.5 Å². The van der Waals surface area contributed by atoms with E-state index in [-0.39, 0.29) is 23.9 Å². The average molecular weight is 604 g/mol. The SMILES string of the molecule is Cc1cccc(C(=O)NCc2nnc(SCC(=O)Nc3ccccc3C(F)(F)F)n2-c2ccc(Br)cc2)c1. The lowest BCUT2D eigenvalue weighted by molar-refractivity contribution is -0.137. The van der Waals surface area contributed by atoms with Gasteiger partial charge < -0.3 is 10.6 Å². The fourth-order valence-corrected chi connectivity index (χ4v) is 4.60. The maximum absolute atomic E-state index is 13.3. The van der Waals surface area contributed by atoms with Crippen LogP contribution in [-0.4, -0.2) is 32.3 Å². The summed E-state index contributed by atoms with van der Waals surface area (Å²) in [7, 11) is 0. The molecule has 4 aromatic rings. The van der Waals surface area contributed by atoms with E-state index >= 15 is 0 Å². The third-order valence-electron chi connectivity index (χ3n) is 5.31. The Labute approximate surface area is 229 Å². The smallest absolute Gasteiger partial charge is 0.345 e. The summed E-state index contributed by atoms with van der Waals surface area (Å²) in [4.78, 5) is 25.2. The molecule has 0 saturated heterocycles. The lowest BCUT2D eigenvalue weighted by Crippen LogP contribution is -2.24. The van der Waals surface area contributed by atoms with Crippen LogP contribution in [0, 0.1) is 6.92 Å². The molecule has 0 aliphatic heterocycles. The molecule has 12 heteroatoms.